The number of hydrazine groups is 2. The SMILES string of the molecule is NC(=O)N1C=NN(c2ccccc2)N1. The molecule has 3 N–H and O–H groups in total. The fourth-order valence-corrected chi connectivity index (χ4v) is 1.06. The van der Waals surface area contributed by atoms with Gasteiger partial charge in [0.15, 0.2) is 0 Å². The van der Waals surface area contributed by atoms with Gasteiger partial charge in [-0.3, -0.25) is 0 Å². The third kappa shape index (κ3) is 1.50. The van der Waals surface area contributed by atoms with Gasteiger partial charge in [0.2, 0.25) is 0 Å². The predicted molar refractivity (Wildman–Crippen MR) is 52.0 cm³/mol. The van der Waals surface area contributed by atoms with Gasteiger partial charge in [0.1, 0.15) is 6.34 Å². The number of amides is 2. The zero-order valence-electron chi connectivity index (χ0n) is 7.29. The third-order valence-electron chi connectivity index (χ3n) is 1.72. The minimum Gasteiger partial charge on any atom is -0.350 e. The van der Waals surface area contributed by atoms with Gasteiger partial charge in [-0.25, -0.2) is 4.79 Å². The molecular weight excluding hydrogens is 182 g/mol. The number of carbonyl (C=O) groups is 1. The zero-order valence-corrected chi connectivity index (χ0v) is 7.29. The van der Waals surface area contributed by atoms with E-state index in [1.807, 2.05) is 30.3 Å². The first-order valence-corrected chi connectivity index (χ1v) is 4.01. The van der Waals surface area contributed by atoms with Gasteiger partial charge >= 0.3 is 6.03 Å². The first-order valence-electron chi connectivity index (χ1n) is 4.01. The molecule has 0 saturated heterocycles. The quantitative estimate of drug-likeness (QED) is 0.668. The summed E-state index contributed by atoms with van der Waals surface area (Å²) in [6.45, 7) is 0. The highest BCUT2D eigenvalue weighted by Gasteiger charge is 2.17. The van der Waals surface area contributed by atoms with E-state index in [1.54, 1.807) is 0 Å². The second-order valence-electron chi connectivity index (χ2n) is 2.69. The number of benzene rings is 1. The summed E-state index contributed by atoms with van der Waals surface area (Å²) >= 11 is 0. The van der Waals surface area contributed by atoms with Crippen LogP contribution in [-0.2, 0) is 0 Å². The predicted octanol–water partition coefficient (Wildman–Crippen LogP) is 0.250. The number of rotatable bonds is 1. The lowest BCUT2D eigenvalue weighted by Gasteiger charge is -2.16. The molecule has 0 bridgehead atoms. The number of anilines is 1. The fraction of sp³-hybridized carbons (Fsp3) is 0. The van der Waals surface area contributed by atoms with E-state index in [4.69, 9.17) is 5.73 Å². The standard InChI is InChI=1S/C8H9N5O/c9-8(14)12-6-10-13(11-12)7-4-2-1-3-5-7/h1-6,11H,(H2,9,14). The van der Waals surface area contributed by atoms with Crippen molar-refractivity contribution in [3.05, 3.63) is 30.3 Å². The van der Waals surface area contributed by atoms with Gasteiger partial charge in [-0.15, -0.1) is 10.6 Å². The molecule has 0 atom stereocenters. The van der Waals surface area contributed by atoms with Crippen LogP contribution in [0.15, 0.2) is 35.4 Å². The average molecular weight is 191 g/mol. The first-order chi connectivity index (χ1) is 6.77. The van der Waals surface area contributed by atoms with Crippen LogP contribution in [0.4, 0.5) is 10.5 Å². The van der Waals surface area contributed by atoms with Crippen molar-refractivity contribution in [3.63, 3.8) is 0 Å². The largest absolute Gasteiger partial charge is 0.350 e. The Morgan fingerprint density at radius 2 is 2.07 bits per heavy atom. The second-order valence-corrected chi connectivity index (χ2v) is 2.69. The molecule has 0 fully saturated rings. The lowest BCUT2D eigenvalue weighted by molar-refractivity contribution is 0.220. The van der Waals surface area contributed by atoms with Crippen LogP contribution in [0.5, 0.6) is 0 Å². The molecule has 0 saturated carbocycles. The summed E-state index contributed by atoms with van der Waals surface area (Å²) in [4.78, 5) is 10.7. The van der Waals surface area contributed by atoms with Gasteiger partial charge in [0, 0.05) is 0 Å². The number of carbonyl (C=O) groups excluding carboxylic acids is 1. The summed E-state index contributed by atoms with van der Waals surface area (Å²) in [5.41, 5.74) is 8.55. The van der Waals surface area contributed by atoms with E-state index >= 15 is 0 Å². The van der Waals surface area contributed by atoms with Crippen LogP contribution in [0.1, 0.15) is 0 Å². The number of hydrogen-bond donors (Lipinski definition) is 2. The molecule has 1 aliphatic heterocycles. The Kier molecular flexibility index (Phi) is 2.04. The highest BCUT2D eigenvalue weighted by molar-refractivity contribution is 5.86. The Hall–Kier alpha value is -2.08. The Bertz CT molecular complexity index is 363. The molecule has 14 heavy (non-hydrogen) atoms. The lowest BCUT2D eigenvalue weighted by Crippen LogP contribution is -2.46. The van der Waals surface area contributed by atoms with E-state index in [0.29, 0.717) is 0 Å². The van der Waals surface area contributed by atoms with E-state index < -0.39 is 6.03 Å². The number of nitrogens with one attached hydrogen (secondary N) is 1. The number of nitrogens with zero attached hydrogens (tertiary/aromatic N) is 3. The van der Waals surface area contributed by atoms with Gasteiger partial charge in [0.25, 0.3) is 0 Å². The Labute approximate surface area is 80.5 Å². The average Bonchev–Trinajstić information content (AvgIpc) is 2.68. The van der Waals surface area contributed by atoms with Gasteiger partial charge in [-0.05, 0) is 12.1 Å². The molecule has 1 aromatic carbocycles. The monoisotopic (exact) mass is 191 g/mol. The van der Waals surface area contributed by atoms with Crippen molar-refractivity contribution in [2.24, 2.45) is 10.8 Å². The Morgan fingerprint density at radius 3 is 2.64 bits per heavy atom. The Morgan fingerprint density at radius 1 is 1.36 bits per heavy atom. The number of para-hydroxylation sites is 1. The van der Waals surface area contributed by atoms with Gasteiger partial charge in [-0.1, -0.05) is 18.2 Å². The number of urea groups is 1. The second kappa shape index (κ2) is 3.35. The van der Waals surface area contributed by atoms with Crippen LogP contribution in [0.2, 0.25) is 0 Å². The molecule has 0 unspecified atom stereocenters. The highest BCUT2D eigenvalue weighted by atomic mass is 16.2. The molecule has 0 aliphatic carbocycles. The van der Waals surface area contributed by atoms with Crippen molar-refractivity contribution in [1.82, 2.24) is 10.5 Å². The van der Waals surface area contributed by atoms with Gasteiger partial charge in [-0.2, -0.15) is 10.1 Å². The number of hydrazone groups is 1. The minimum atomic E-state index is -0.604. The zero-order chi connectivity index (χ0) is 9.97. The molecular formula is C8H9N5O. The van der Waals surface area contributed by atoms with Crippen molar-refractivity contribution in [2.75, 3.05) is 5.12 Å². The molecule has 2 rings (SSSR count). The van der Waals surface area contributed by atoms with Crippen LogP contribution in [0.3, 0.4) is 0 Å². The molecule has 2 amide bonds. The molecule has 72 valence electrons. The number of hydrogen-bond acceptors (Lipinski definition) is 4. The van der Waals surface area contributed by atoms with E-state index in [-0.39, 0.29) is 0 Å². The molecule has 1 heterocycles. The Balaban J connectivity index is 2.11. The first kappa shape index (κ1) is 8.52. The highest BCUT2D eigenvalue weighted by Crippen LogP contribution is 2.13. The topological polar surface area (TPSA) is 74.0 Å². The van der Waals surface area contributed by atoms with Crippen molar-refractivity contribution < 1.29 is 4.79 Å². The van der Waals surface area contributed by atoms with Crippen LogP contribution in [-0.4, -0.2) is 17.4 Å². The van der Waals surface area contributed by atoms with Gasteiger partial charge < -0.3 is 5.73 Å². The van der Waals surface area contributed by atoms with Crippen molar-refractivity contribution in [2.45, 2.75) is 0 Å². The summed E-state index contributed by atoms with van der Waals surface area (Å²) in [5.74, 6) is 0. The third-order valence-corrected chi connectivity index (χ3v) is 1.72. The molecule has 6 nitrogen and oxygen atoms in total. The summed E-state index contributed by atoms with van der Waals surface area (Å²) in [5, 5.41) is 6.47. The molecule has 0 radical (unpaired) electrons. The van der Waals surface area contributed by atoms with Gasteiger partial charge in [0.05, 0.1) is 5.69 Å². The summed E-state index contributed by atoms with van der Waals surface area (Å²) in [6.07, 6.45) is 1.31. The summed E-state index contributed by atoms with van der Waals surface area (Å²) in [6, 6.07) is 8.75. The molecule has 1 aliphatic rings. The van der Waals surface area contributed by atoms with E-state index in [9.17, 15) is 4.79 Å². The fourth-order valence-electron chi connectivity index (χ4n) is 1.06. The molecule has 1 aromatic rings. The maximum Gasteiger partial charge on any atom is 0.336 e. The van der Waals surface area contributed by atoms with Crippen molar-refractivity contribution >= 4 is 18.1 Å². The van der Waals surface area contributed by atoms with Crippen LogP contribution in [0.25, 0.3) is 0 Å². The molecule has 0 spiro atoms. The smallest absolute Gasteiger partial charge is 0.336 e. The maximum absolute atomic E-state index is 10.7. The van der Waals surface area contributed by atoms with Crippen LogP contribution < -0.4 is 16.4 Å². The van der Waals surface area contributed by atoms with E-state index in [1.165, 1.54) is 11.5 Å². The summed E-state index contributed by atoms with van der Waals surface area (Å²) < 4.78 is 0. The van der Waals surface area contributed by atoms with Crippen LogP contribution in [0, 0.1) is 0 Å². The van der Waals surface area contributed by atoms with E-state index in [0.717, 1.165) is 10.7 Å². The van der Waals surface area contributed by atoms with Crippen molar-refractivity contribution in [3.8, 4) is 0 Å². The summed E-state index contributed by atoms with van der Waals surface area (Å²) in [7, 11) is 0. The number of nitrogens with two attached hydrogens (primary N) is 1. The van der Waals surface area contributed by atoms with Crippen LogP contribution >= 0.6 is 0 Å². The molecule has 6 heteroatoms. The normalized spacial score (nSPS) is 14.9. The molecule has 0 aromatic heterocycles. The maximum atomic E-state index is 10.7. The minimum absolute atomic E-state index is 0.604. The number of primary amides is 1. The van der Waals surface area contributed by atoms with Crippen molar-refractivity contribution in [1.29, 1.82) is 0 Å². The van der Waals surface area contributed by atoms with E-state index in [2.05, 4.69) is 10.6 Å². The lowest BCUT2D eigenvalue weighted by atomic mass is 10.3.